The van der Waals surface area contributed by atoms with E-state index in [1.54, 1.807) is 11.3 Å². The topological polar surface area (TPSA) is 120 Å². The van der Waals surface area contributed by atoms with Crippen LogP contribution >= 0.6 is 11.3 Å². The smallest absolute Gasteiger partial charge is 0.218 e. The van der Waals surface area contributed by atoms with Gasteiger partial charge in [0.05, 0.1) is 11.4 Å². The Bertz CT molecular complexity index is 1770. The lowest BCUT2D eigenvalue weighted by Gasteiger charge is -2.36. The van der Waals surface area contributed by atoms with E-state index in [1.165, 1.54) is 44.1 Å². The first-order valence-electron chi connectivity index (χ1n) is 14.3. The van der Waals surface area contributed by atoms with Crippen LogP contribution in [0.5, 0.6) is 0 Å². The van der Waals surface area contributed by atoms with Crippen molar-refractivity contribution in [3.8, 4) is 24.3 Å². The molecule has 4 aliphatic carbocycles. The monoisotopic (exact) mass is 550 g/mol. The molecule has 0 atom stereocenters. The molecule has 2 fully saturated rings. The number of allylic oxidation sites excluding steroid dienone is 2. The number of thiophene rings is 1. The van der Waals surface area contributed by atoms with E-state index in [-0.39, 0.29) is 22.3 Å². The van der Waals surface area contributed by atoms with Gasteiger partial charge in [-0.15, -0.1) is 11.3 Å². The lowest BCUT2D eigenvalue weighted by Crippen LogP contribution is -2.29. The van der Waals surface area contributed by atoms with Crippen LogP contribution in [0.2, 0.25) is 0 Å². The summed E-state index contributed by atoms with van der Waals surface area (Å²) in [4.78, 5) is 9.17. The first-order valence-corrected chi connectivity index (χ1v) is 15.1. The van der Waals surface area contributed by atoms with Crippen LogP contribution in [0.25, 0.3) is 32.3 Å². The van der Waals surface area contributed by atoms with Crippen molar-refractivity contribution in [3.05, 3.63) is 57.9 Å². The van der Waals surface area contributed by atoms with Crippen molar-refractivity contribution in [1.29, 1.82) is 21.0 Å². The number of rotatable bonds is 2. The van der Waals surface area contributed by atoms with Crippen LogP contribution in [-0.2, 0) is 10.8 Å². The lowest BCUT2D eigenvalue weighted by molar-refractivity contribution is 0.343. The van der Waals surface area contributed by atoms with E-state index in [9.17, 15) is 21.0 Å². The van der Waals surface area contributed by atoms with Gasteiger partial charge in [-0.2, -0.15) is 21.0 Å². The van der Waals surface area contributed by atoms with Crippen LogP contribution in [0, 0.1) is 45.3 Å². The molecule has 0 amide bonds. The Balaban J connectivity index is 1.42. The minimum absolute atomic E-state index is 0.0866. The molecular weight excluding hydrogens is 524 g/mol. The maximum atomic E-state index is 9.43. The highest BCUT2D eigenvalue weighted by Crippen LogP contribution is 2.56. The van der Waals surface area contributed by atoms with Crippen LogP contribution in [0.15, 0.2) is 45.6 Å². The fraction of sp³-hybridized carbons (Fsp3) is 0.353. The van der Waals surface area contributed by atoms with Crippen LogP contribution < -0.4 is 0 Å². The molecule has 7 rings (SSSR count). The number of nitrogens with zero attached hydrogens (tertiary/aromatic N) is 6. The fourth-order valence-corrected chi connectivity index (χ4v) is 9.01. The lowest BCUT2D eigenvalue weighted by atomic mass is 9.68. The van der Waals surface area contributed by atoms with Crippen LogP contribution in [-0.4, -0.2) is 11.4 Å². The normalized spacial score (nSPS) is 19.3. The third-order valence-electron chi connectivity index (χ3n) is 9.71. The van der Waals surface area contributed by atoms with Crippen molar-refractivity contribution in [2.45, 2.75) is 75.0 Å². The van der Waals surface area contributed by atoms with Gasteiger partial charge in [0.15, 0.2) is 0 Å². The number of aliphatic imine (C=N–C) groups is 2. The van der Waals surface area contributed by atoms with E-state index in [0.29, 0.717) is 0 Å². The first-order chi connectivity index (χ1) is 20.0. The first kappa shape index (κ1) is 25.4. The second-order valence-corrected chi connectivity index (χ2v) is 12.8. The SMILES string of the molecule is N#CC(C#N)=NC1=Cc2cc3sc4cc5c(cc4c3cc2C12CCCCC2)C1(CCCCC1)C(N=C(C#N)C#N)=C5. The number of hydrogen-bond acceptors (Lipinski definition) is 7. The van der Waals surface area contributed by atoms with E-state index in [2.05, 4.69) is 46.4 Å². The summed E-state index contributed by atoms with van der Waals surface area (Å²) in [5, 5.41) is 40.2. The summed E-state index contributed by atoms with van der Waals surface area (Å²) >= 11 is 1.77. The average Bonchev–Trinajstić information content (AvgIpc) is 3.60. The molecular formula is C34H26N6S. The Kier molecular flexibility index (Phi) is 5.90. The van der Waals surface area contributed by atoms with Gasteiger partial charge in [0.1, 0.15) is 24.3 Å². The quantitative estimate of drug-likeness (QED) is 0.299. The summed E-state index contributed by atoms with van der Waals surface area (Å²) in [6.45, 7) is 0. The van der Waals surface area contributed by atoms with Crippen molar-refractivity contribution in [3.63, 3.8) is 0 Å². The summed E-state index contributed by atoms with van der Waals surface area (Å²) in [6.07, 6.45) is 14.9. The zero-order valence-electron chi connectivity index (χ0n) is 22.6. The standard InChI is InChI=1S/C34H26N6S/c35-17-23(18-36)39-31-13-21-11-29-25(15-27(21)33(31)7-3-1-4-8-33)26-16-28-22(12-30(26)41-29)14-32(40-24(19-37)20-38)34(28)9-5-2-6-10-34/h11-16H,1-10H2. The molecule has 0 bridgehead atoms. The molecule has 1 heterocycles. The van der Waals surface area contributed by atoms with Gasteiger partial charge in [-0.05, 0) is 84.4 Å². The zero-order chi connectivity index (χ0) is 28.2. The Morgan fingerprint density at radius 3 is 1.34 bits per heavy atom. The van der Waals surface area contributed by atoms with Gasteiger partial charge in [-0.1, -0.05) is 38.5 Å². The summed E-state index contributed by atoms with van der Waals surface area (Å²) in [5.41, 5.74) is 5.84. The Morgan fingerprint density at radius 1 is 0.585 bits per heavy atom. The highest BCUT2D eigenvalue weighted by molar-refractivity contribution is 7.25. The van der Waals surface area contributed by atoms with E-state index in [0.717, 1.165) is 73.9 Å². The third kappa shape index (κ3) is 3.70. The predicted octanol–water partition coefficient (Wildman–Crippen LogP) is 8.14. The molecule has 2 saturated carbocycles. The Labute approximate surface area is 242 Å². The molecule has 198 valence electrons. The molecule has 0 aliphatic heterocycles. The summed E-state index contributed by atoms with van der Waals surface area (Å²) < 4.78 is 2.43. The Hall–Kier alpha value is -4.56. The minimum Gasteiger partial charge on any atom is -0.231 e. The van der Waals surface area contributed by atoms with Gasteiger partial charge in [0, 0.05) is 31.0 Å². The Morgan fingerprint density at radius 2 is 0.976 bits per heavy atom. The molecule has 0 saturated heterocycles. The van der Waals surface area contributed by atoms with Crippen molar-refractivity contribution in [2.24, 2.45) is 9.98 Å². The maximum absolute atomic E-state index is 9.43. The van der Waals surface area contributed by atoms with E-state index in [4.69, 9.17) is 0 Å². The van der Waals surface area contributed by atoms with Gasteiger partial charge in [-0.3, -0.25) is 0 Å². The van der Waals surface area contributed by atoms with Gasteiger partial charge < -0.3 is 0 Å². The number of fused-ring (bicyclic) bond motifs is 7. The van der Waals surface area contributed by atoms with Crippen molar-refractivity contribution in [1.82, 2.24) is 0 Å². The molecule has 2 aromatic carbocycles. The third-order valence-corrected chi connectivity index (χ3v) is 10.8. The fourth-order valence-electron chi connectivity index (χ4n) is 7.85. The molecule has 2 spiro atoms. The van der Waals surface area contributed by atoms with Gasteiger partial charge >= 0.3 is 0 Å². The summed E-state index contributed by atoms with van der Waals surface area (Å²) in [7, 11) is 0. The summed E-state index contributed by atoms with van der Waals surface area (Å²) in [6, 6.07) is 17.1. The molecule has 0 N–H and O–H groups in total. The molecule has 0 unspecified atom stereocenters. The molecule has 4 aliphatic rings. The van der Waals surface area contributed by atoms with Crippen LogP contribution in [0.3, 0.4) is 0 Å². The summed E-state index contributed by atoms with van der Waals surface area (Å²) in [5.74, 6) is 0. The van der Waals surface area contributed by atoms with Gasteiger partial charge in [-0.25, -0.2) is 9.98 Å². The van der Waals surface area contributed by atoms with Crippen molar-refractivity contribution < 1.29 is 0 Å². The minimum atomic E-state index is -0.259. The highest BCUT2D eigenvalue weighted by atomic mass is 32.1. The number of nitriles is 4. The van der Waals surface area contributed by atoms with Crippen molar-refractivity contribution >= 4 is 55.1 Å². The van der Waals surface area contributed by atoms with Gasteiger partial charge in [0.2, 0.25) is 11.4 Å². The molecule has 3 aromatic rings. The van der Waals surface area contributed by atoms with Crippen molar-refractivity contribution in [2.75, 3.05) is 0 Å². The predicted molar refractivity (Wildman–Crippen MR) is 162 cm³/mol. The largest absolute Gasteiger partial charge is 0.231 e. The second kappa shape index (κ2) is 9.52. The van der Waals surface area contributed by atoms with Crippen LogP contribution in [0.4, 0.5) is 0 Å². The highest BCUT2D eigenvalue weighted by Gasteiger charge is 2.45. The molecule has 1 aromatic heterocycles. The number of hydrogen-bond donors (Lipinski definition) is 0. The molecule has 41 heavy (non-hydrogen) atoms. The number of benzene rings is 2. The molecule has 0 radical (unpaired) electrons. The van der Waals surface area contributed by atoms with Gasteiger partial charge in [0.25, 0.3) is 0 Å². The average molecular weight is 551 g/mol. The van der Waals surface area contributed by atoms with E-state index in [1.807, 2.05) is 24.3 Å². The van der Waals surface area contributed by atoms with E-state index >= 15 is 0 Å². The second-order valence-electron chi connectivity index (χ2n) is 11.7. The zero-order valence-corrected chi connectivity index (χ0v) is 23.4. The molecule has 7 heteroatoms. The maximum Gasteiger partial charge on any atom is 0.218 e. The van der Waals surface area contributed by atoms with Crippen LogP contribution in [0.1, 0.15) is 86.5 Å². The molecule has 6 nitrogen and oxygen atoms in total. The van der Waals surface area contributed by atoms with E-state index < -0.39 is 0 Å².